The zero-order valence-corrected chi connectivity index (χ0v) is 23.1. The van der Waals surface area contributed by atoms with Gasteiger partial charge in [-0.05, 0) is 69.4 Å². The number of carbonyl (C=O) groups excluding carboxylic acids is 1. The average Bonchev–Trinajstić information content (AvgIpc) is 3.85. The number of rotatable bonds is 7. The third-order valence-corrected chi connectivity index (χ3v) is 11.1. The molecule has 2 unspecified atom stereocenters. The Labute approximate surface area is 225 Å². The number of hydrogen-bond acceptors (Lipinski definition) is 8. The number of piperidine rings is 1. The van der Waals surface area contributed by atoms with Crippen molar-refractivity contribution in [2.45, 2.75) is 80.6 Å². The molecule has 10 heteroatoms. The van der Waals surface area contributed by atoms with Gasteiger partial charge in [0.1, 0.15) is 21.8 Å². The van der Waals surface area contributed by atoms with E-state index in [4.69, 9.17) is 4.98 Å². The minimum Gasteiger partial charge on any atom is -0.342 e. The number of fused-ring (bicyclic) bond motifs is 2. The predicted octanol–water partition coefficient (Wildman–Crippen LogP) is 4.70. The third kappa shape index (κ3) is 3.81. The van der Waals surface area contributed by atoms with Gasteiger partial charge in [0.15, 0.2) is 5.01 Å². The molecule has 2 atom stereocenters. The van der Waals surface area contributed by atoms with Crippen molar-refractivity contribution in [3.63, 3.8) is 0 Å². The molecule has 0 radical (unpaired) electrons. The van der Waals surface area contributed by atoms with Crippen LogP contribution in [-0.4, -0.2) is 49.0 Å². The summed E-state index contributed by atoms with van der Waals surface area (Å²) in [5.74, 6) is 0.772. The van der Waals surface area contributed by atoms with E-state index in [0.29, 0.717) is 5.92 Å². The smallest absolute Gasteiger partial charge is 0.225 e. The Bertz CT molecular complexity index is 1460. The predicted molar refractivity (Wildman–Crippen MR) is 143 cm³/mol. The van der Waals surface area contributed by atoms with Gasteiger partial charge in [-0.25, -0.2) is 4.98 Å². The highest BCUT2D eigenvalue weighted by Crippen LogP contribution is 2.60. The number of carbonyl (C=O) groups is 1. The lowest BCUT2D eigenvalue weighted by molar-refractivity contribution is -0.135. The van der Waals surface area contributed by atoms with Crippen LogP contribution in [0.25, 0.3) is 16.3 Å². The molecule has 37 heavy (non-hydrogen) atoms. The summed E-state index contributed by atoms with van der Waals surface area (Å²) in [5.41, 5.74) is 3.03. The van der Waals surface area contributed by atoms with Crippen LogP contribution < -0.4 is 4.72 Å². The van der Waals surface area contributed by atoms with E-state index in [1.807, 2.05) is 20.0 Å². The summed E-state index contributed by atoms with van der Waals surface area (Å²) in [5, 5.41) is 20.1. The molecule has 0 bridgehead atoms. The van der Waals surface area contributed by atoms with Gasteiger partial charge in [-0.15, -0.1) is 10.2 Å². The number of hydrogen-bond donors (Lipinski definition) is 1. The molecule has 3 aromatic heterocycles. The van der Waals surface area contributed by atoms with Crippen molar-refractivity contribution in [2.24, 2.45) is 11.8 Å². The van der Waals surface area contributed by atoms with E-state index >= 15 is 0 Å². The maximum atomic E-state index is 12.7. The number of aromatic nitrogens is 4. The highest BCUT2D eigenvalue weighted by molar-refractivity contribution is 7.97. The summed E-state index contributed by atoms with van der Waals surface area (Å²) >= 11 is 3.22. The van der Waals surface area contributed by atoms with Gasteiger partial charge in [0.2, 0.25) is 5.91 Å². The summed E-state index contributed by atoms with van der Waals surface area (Å²) in [6.45, 7) is 7.88. The maximum absolute atomic E-state index is 12.7. The number of amides is 1. The molecular weight excluding hydrogens is 502 g/mol. The fraction of sp³-hybridized carbons (Fsp3) is 0.593. The largest absolute Gasteiger partial charge is 0.342 e. The summed E-state index contributed by atoms with van der Waals surface area (Å²) < 4.78 is 5.85. The first-order valence-electron chi connectivity index (χ1n) is 13.3. The van der Waals surface area contributed by atoms with E-state index in [1.165, 1.54) is 29.7 Å². The number of nitrogens with zero attached hydrogens (tertiary/aromatic N) is 6. The molecule has 3 aliphatic carbocycles. The van der Waals surface area contributed by atoms with Gasteiger partial charge >= 0.3 is 0 Å². The molecule has 192 valence electrons. The molecule has 1 saturated heterocycles. The molecule has 1 aliphatic heterocycles. The van der Waals surface area contributed by atoms with E-state index < -0.39 is 5.41 Å². The van der Waals surface area contributed by atoms with Crippen LogP contribution in [0.1, 0.15) is 69.9 Å². The molecule has 1 amide bonds. The lowest BCUT2D eigenvalue weighted by Crippen LogP contribution is -2.42. The van der Waals surface area contributed by atoms with Crippen molar-refractivity contribution in [3.8, 4) is 16.8 Å². The second-order valence-corrected chi connectivity index (χ2v) is 13.9. The molecule has 0 spiro atoms. The summed E-state index contributed by atoms with van der Waals surface area (Å²) in [7, 11) is 0. The standard InChI is InChI=1S/C27H31N7OS2/c1-16(2)23(35)33-9-8-27(11-17(27)13-33)19-10-18(37-32-25(3)4-5-25)14-34-20(12-29-21(19)34)22-30-31-24(36-22)26(15-28)6-7-26/h10,12,14,16-17,32H,4-9,11,13H2,1-3H3. The lowest BCUT2D eigenvalue weighted by atomic mass is 9.87. The Kier molecular flexibility index (Phi) is 5.11. The van der Waals surface area contributed by atoms with Gasteiger partial charge in [0, 0.05) is 46.6 Å². The maximum Gasteiger partial charge on any atom is 0.225 e. The summed E-state index contributed by atoms with van der Waals surface area (Å²) in [6, 6.07) is 4.77. The van der Waals surface area contributed by atoms with Gasteiger partial charge < -0.3 is 4.90 Å². The molecule has 1 N–H and O–H groups in total. The molecular formula is C27H31N7OS2. The van der Waals surface area contributed by atoms with Crippen molar-refractivity contribution >= 4 is 34.8 Å². The average molecular weight is 534 g/mol. The molecule has 4 fully saturated rings. The van der Waals surface area contributed by atoms with Crippen molar-refractivity contribution in [3.05, 3.63) is 29.0 Å². The van der Waals surface area contributed by atoms with Gasteiger partial charge in [0.05, 0.1) is 12.3 Å². The van der Waals surface area contributed by atoms with Crippen molar-refractivity contribution < 1.29 is 4.79 Å². The number of likely N-dealkylation sites (tertiary alicyclic amines) is 1. The quantitative estimate of drug-likeness (QED) is 0.439. The van der Waals surface area contributed by atoms with E-state index in [-0.39, 0.29) is 22.8 Å². The topological polar surface area (TPSA) is 99.2 Å². The Morgan fingerprint density at radius 2 is 2.08 bits per heavy atom. The molecule has 4 heterocycles. The van der Waals surface area contributed by atoms with Crippen LogP contribution in [0.3, 0.4) is 0 Å². The minimum absolute atomic E-state index is 0.0370. The van der Waals surface area contributed by atoms with E-state index in [0.717, 1.165) is 65.0 Å². The Hall–Kier alpha value is -2.48. The first-order valence-corrected chi connectivity index (χ1v) is 14.9. The number of imidazole rings is 1. The molecule has 7 rings (SSSR count). The van der Waals surface area contributed by atoms with E-state index in [2.05, 4.69) is 49.5 Å². The monoisotopic (exact) mass is 533 g/mol. The second-order valence-electron chi connectivity index (χ2n) is 12.0. The van der Waals surface area contributed by atoms with Crippen molar-refractivity contribution in [2.75, 3.05) is 13.1 Å². The number of nitrogens with one attached hydrogen (secondary N) is 1. The highest BCUT2D eigenvalue weighted by atomic mass is 32.2. The SMILES string of the molecule is CC(C)C(=O)N1CCC2(c3cc(SNC4(C)CC4)cn4c(-c5nnc(C6(C#N)CC6)s5)cnc34)CC2C1. The van der Waals surface area contributed by atoms with Crippen LogP contribution >= 0.6 is 23.3 Å². The Balaban J connectivity index is 1.27. The summed E-state index contributed by atoms with van der Waals surface area (Å²) in [4.78, 5) is 20.8. The zero-order chi connectivity index (χ0) is 25.6. The van der Waals surface area contributed by atoms with Crippen LogP contribution in [0.2, 0.25) is 0 Å². The van der Waals surface area contributed by atoms with Gasteiger partial charge in [-0.3, -0.25) is 13.9 Å². The van der Waals surface area contributed by atoms with Crippen LogP contribution in [0.15, 0.2) is 23.4 Å². The Morgan fingerprint density at radius 3 is 2.76 bits per heavy atom. The lowest BCUT2D eigenvalue weighted by Gasteiger charge is -2.33. The third-order valence-electron chi connectivity index (χ3n) is 8.86. The zero-order valence-electron chi connectivity index (χ0n) is 21.5. The van der Waals surface area contributed by atoms with Crippen molar-refractivity contribution in [1.29, 1.82) is 5.26 Å². The van der Waals surface area contributed by atoms with Crippen LogP contribution in [-0.2, 0) is 15.6 Å². The van der Waals surface area contributed by atoms with Gasteiger partial charge in [-0.2, -0.15) is 5.26 Å². The Morgan fingerprint density at radius 1 is 1.27 bits per heavy atom. The minimum atomic E-state index is -0.437. The fourth-order valence-corrected chi connectivity index (χ4v) is 7.73. The molecule has 3 saturated carbocycles. The molecule has 8 nitrogen and oxygen atoms in total. The van der Waals surface area contributed by atoms with E-state index in [9.17, 15) is 10.1 Å². The van der Waals surface area contributed by atoms with Crippen LogP contribution in [0, 0.1) is 23.2 Å². The molecule has 0 aromatic carbocycles. The van der Waals surface area contributed by atoms with Gasteiger partial charge in [0.25, 0.3) is 0 Å². The summed E-state index contributed by atoms with van der Waals surface area (Å²) in [6.07, 6.45) is 10.3. The normalized spacial score (nSPS) is 26.7. The van der Waals surface area contributed by atoms with Crippen LogP contribution in [0.4, 0.5) is 0 Å². The fourth-order valence-electron chi connectivity index (χ4n) is 5.78. The number of nitriles is 1. The molecule has 4 aliphatic rings. The van der Waals surface area contributed by atoms with Crippen molar-refractivity contribution in [1.82, 2.24) is 29.2 Å². The highest BCUT2D eigenvalue weighted by Gasteiger charge is 2.59. The van der Waals surface area contributed by atoms with Gasteiger partial charge in [-0.1, -0.05) is 25.2 Å². The number of pyridine rings is 1. The van der Waals surface area contributed by atoms with Crippen LogP contribution in [0.5, 0.6) is 0 Å². The first-order chi connectivity index (χ1) is 17.8. The first kappa shape index (κ1) is 23.6. The molecule has 3 aromatic rings. The second kappa shape index (κ2) is 8.01. The van der Waals surface area contributed by atoms with E-state index in [1.54, 1.807) is 11.9 Å².